The number of rotatable bonds is 11. The molecule has 0 saturated heterocycles. The summed E-state index contributed by atoms with van der Waals surface area (Å²) in [6.07, 6.45) is 4.44. The molecule has 0 aliphatic carbocycles. The Hall–Kier alpha value is -4.44. The van der Waals surface area contributed by atoms with E-state index < -0.39 is 0 Å². The smallest absolute Gasteiger partial charge is 0.0985 e. The first-order valence-electron chi connectivity index (χ1n) is 15.4. The Labute approximate surface area is 252 Å². The highest BCUT2D eigenvalue weighted by molar-refractivity contribution is 5.80. The van der Waals surface area contributed by atoms with Crippen LogP contribution in [0.4, 0.5) is 17.1 Å². The quantitative estimate of drug-likeness (QED) is 0.199. The van der Waals surface area contributed by atoms with Gasteiger partial charge in [-0.05, 0) is 93.3 Å². The molecule has 1 atom stereocenters. The van der Waals surface area contributed by atoms with Crippen molar-refractivity contribution in [2.45, 2.75) is 40.7 Å². The van der Waals surface area contributed by atoms with Crippen molar-refractivity contribution < 1.29 is 0 Å². The van der Waals surface area contributed by atoms with Crippen LogP contribution < -0.4 is 20.2 Å². The number of nitrogens with zero attached hydrogens (tertiary/aromatic N) is 3. The van der Waals surface area contributed by atoms with Gasteiger partial charge in [-0.3, -0.25) is 10.4 Å². The topological polar surface area (TPSA) is 21.8 Å². The number of anilines is 3. The third kappa shape index (κ3) is 6.08. The summed E-state index contributed by atoms with van der Waals surface area (Å²) in [7, 11) is 0. The molecular weight excluding hydrogens is 512 g/mol. The number of hydrogen-bond donors (Lipinski definition) is 1. The van der Waals surface area contributed by atoms with Gasteiger partial charge < -0.3 is 9.80 Å². The number of benzene rings is 4. The van der Waals surface area contributed by atoms with E-state index in [-0.39, 0.29) is 6.04 Å². The number of allylic oxidation sites excluding steroid dienone is 1. The molecule has 42 heavy (non-hydrogen) atoms. The fourth-order valence-corrected chi connectivity index (χ4v) is 5.96. The zero-order valence-electron chi connectivity index (χ0n) is 25.7. The van der Waals surface area contributed by atoms with Gasteiger partial charge >= 0.3 is 0 Å². The lowest BCUT2D eigenvalue weighted by molar-refractivity contribution is 0.696. The van der Waals surface area contributed by atoms with Gasteiger partial charge in [0.2, 0.25) is 0 Å². The zero-order valence-corrected chi connectivity index (χ0v) is 25.7. The van der Waals surface area contributed by atoms with E-state index in [0.717, 1.165) is 37.6 Å². The molecule has 4 aromatic carbocycles. The Kier molecular flexibility index (Phi) is 9.33. The summed E-state index contributed by atoms with van der Waals surface area (Å²) in [4.78, 5) is 4.76. The largest absolute Gasteiger partial charge is 0.372 e. The molecule has 4 heteroatoms. The first-order valence-corrected chi connectivity index (χ1v) is 15.4. The average Bonchev–Trinajstić information content (AvgIpc) is 3.38. The lowest BCUT2D eigenvalue weighted by atomic mass is 9.96. The minimum absolute atomic E-state index is 0.0605. The molecule has 1 aliphatic rings. The molecule has 0 amide bonds. The summed E-state index contributed by atoms with van der Waals surface area (Å²) in [5, 5.41) is 2.34. The maximum atomic E-state index is 3.80. The van der Waals surface area contributed by atoms with Crippen LogP contribution >= 0.6 is 0 Å². The molecule has 0 radical (unpaired) electrons. The molecule has 0 aromatic heterocycles. The Morgan fingerprint density at radius 3 is 1.79 bits per heavy atom. The van der Waals surface area contributed by atoms with Crippen LogP contribution in [0.1, 0.15) is 51.8 Å². The van der Waals surface area contributed by atoms with E-state index in [9.17, 15) is 0 Å². The molecule has 0 saturated carbocycles. The Morgan fingerprint density at radius 2 is 1.19 bits per heavy atom. The molecule has 4 aromatic rings. The Morgan fingerprint density at radius 1 is 0.643 bits per heavy atom. The molecule has 0 spiro atoms. The molecule has 1 unspecified atom stereocenters. The van der Waals surface area contributed by atoms with E-state index in [2.05, 4.69) is 170 Å². The van der Waals surface area contributed by atoms with Gasteiger partial charge in [0.25, 0.3) is 0 Å². The second kappa shape index (κ2) is 13.5. The molecular formula is C38H44N4. The van der Waals surface area contributed by atoms with Gasteiger partial charge in [-0.25, -0.2) is 0 Å². The highest BCUT2D eigenvalue weighted by Crippen LogP contribution is 2.42. The third-order valence-electron chi connectivity index (χ3n) is 8.38. The van der Waals surface area contributed by atoms with Gasteiger partial charge in [0.15, 0.2) is 0 Å². The van der Waals surface area contributed by atoms with E-state index in [4.69, 9.17) is 0 Å². The SMILES string of the molecule is CCN(CC)c1ccc(C=CC2=C(C)C(c3ccc(N(CC)CC)cc3)N(c3ccccc3-c3ccccc3)N2)cc1. The Bertz CT molecular complexity index is 1500. The minimum Gasteiger partial charge on any atom is -0.372 e. The average molecular weight is 557 g/mol. The summed E-state index contributed by atoms with van der Waals surface area (Å²) in [5.41, 5.74) is 14.8. The summed E-state index contributed by atoms with van der Waals surface area (Å²) in [5.74, 6) is 0. The van der Waals surface area contributed by atoms with Crippen LogP contribution in [0.3, 0.4) is 0 Å². The van der Waals surface area contributed by atoms with Crippen molar-refractivity contribution in [1.82, 2.24) is 5.43 Å². The standard InChI is InChI=1S/C38H44N4/c1-6-40(7-2)33-24-19-30(20-25-33)21-28-36-29(5)38(32-22-26-34(27-23-32)41(8-3)9-4)42(39-36)37-18-14-13-17-35(37)31-15-11-10-12-16-31/h10-28,38-39H,6-9H2,1-5H3. The molecule has 1 aliphatic heterocycles. The van der Waals surface area contributed by atoms with Crippen molar-refractivity contribution in [1.29, 1.82) is 0 Å². The van der Waals surface area contributed by atoms with Gasteiger partial charge in [0, 0.05) is 43.1 Å². The zero-order chi connectivity index (χ0) is 29.5. The first-order chi connectivity index (χ1) is 20.6. The third-order valence-corrected chi connectivity index (χ3v) is 8.38. The molecule has 4 nitrogen and oxygen atoms in total. The van der Waals surface area contributed by atoms with Crippen molar-refractivity contribution in [3.05, 3.63) is 132 Å². The molecule has 216 valence electrons. The highest BCUT2D eigenvalue weighted by Gasteiger charge is 2.32. The summed E-state index contributed by atoms with van der Waals surface area (Å²) in [6, 6.07) is 37.4. The van der Waals surface area contributed by atoms with Crippen LogP contribution in [-0.4, -0.2) is 26.2 Å². The second-order valence-electron chi connectivity index (χ2n) is 10.7. The van der Waals surface area contributed by atoms with E-state index >= 15 is 0 Å². The fraction of sp³-hybridized carbons (Fsp3) is 0.263. The van der Waals surface area contributed by atoms with Crippen molar-refractivity contribution in [3.8, 4) is 11.1 Å². The lowest BCUT2D eigenvalue weighted by Gasteiger charge is -2.31. The van der Waals surface area contributed by atoms with Gasteiger partial charge in [-0.15, -0.1) is 0 Å². The first kappa shape index (κ1) is 29.1. The highest BCUT2D eigenvalue weighted by atomic mass is 15.5. The number of hydrogen-bond acceptors (Lipinski definition) is 4. The normalized spacial score (nSPS) is 14.9. The molecule has 1 heterocycles. The van der Waals surface area contributed by atoms with E-state index in [1.807, 2.05) is 0 Å². The van der Waals surface area contributed by atoms with Crippen molar-refractivity contribution >= 4 is 23.1 Å². The van der Waals surface area contributed by atoms with Crippen LogP contribution in [0.5, 0.6) is 0 Å². The van der Waals surface area contributed by atoms with Gasteiger partial charge in [-0.2, -0.15) is 0 Å². The Balaban J connectivity index is 1.52. The number of hydrazine groups is 1. The lowest BCUT2D eigenvalue weighted by Crippen LogP contribution is -2.34. The maximum Gasteiger partial charge on any atom is 0.0985 e. The second-order valence-corrected chi connectivity index (χ2v) is 10.7. The maximum absolute atomic E-state index is 3.80. The fourth-order valence-electron chi connectivity index (χ4n) is 5.96. The van der Waals surface area contributed by atoms with Crippen LogP contribution in [0.25, 0.3) is 17.2 Å². The van der Waals surface area contributed by atoms with Crippen molar-refractivity contribution in [3.63, 3.8) is 0 Å². The van der Waals surface area contributed by atoms with Crippen molar-refractivity contribution in [2.75, 3.05) is 41.0 Å². The van der Waals surface area contributed by atoms with Crippen molar-refractivity contribution in [2.24, 2.45) is 0 Å². The van der Waals surface area contributed by atoms with E-state index in [1.54, 1.807) is 0 Å². The van der Waals surface area contributed by atoms with E-state index in [0.29, 0.717) is 0 Å². The number of para-hydroxylation sites is 1. The molecule has 0 fully saturated rings. The van der Waals surface area contributed by atoms with Crippen LogP contribution in [0, 0.1) is 0 Å². The predicted molar refractivity (Wildman–Crippen MR) is 182 cm³/mol. The predicted octanol–water partition coefficient (Wildman–Crippen LogP) is 9.10. The summed E-state index contributed by atoms with van der Waals surface area (Å²) < 4.78 is 0. The summed E-state index contributed by atoms with van der Waals surface area (Å²) >= 11 is 0. The van der Waals surface area contributed by atoms with Crippen LogP contribution in [0.15, 0.2) is 120 Å². The van der Waals surface area contributed by atoms with Gasteiger partial charge in [0.1, 0.15) is 0 Å². The summed E-state index contributed by atoms with van der Waals surface area (Å²) in [6.45, 7) is 15.1. The van der Waals surface area contributed by atoms with Gasteiger partial charge in [0.05, 0.1) is 17.4 Å². The van der Waals surface area contributed by atoms with Crippen LogP contribution in [0.2, 0.25) is 0 Å². The minimum atomic E-state index is 0.0605. The van der Waals surface area contributed by atoms with Gasteiger partial charge in [-0.1, -0.05) is 78.9 Å². The van der Waals surface area contributed by atoms with Crippen LogP contribution in [-0.2, 0) is 0 Å². The van der Waals surface area contributed by atoms with E-state index in [1.165, 1.54) is 39.2 Å². The molecule has 5 rings (SSSR count). The molecule has 1 N–H and O–H groups in total. The number of nitrogens with one attached hydrogen (secondary N) is 1. The molecule has 0 bridgehead atoms. The monoisotopic (exact) mass is 556 g/mol.